The second-order valence-electron chi connectivity index (χ2n) is 9.73. The monoisotopic (exact) mass is 311 g/mol. The summed E-state index contributed by atoms with van der Waals surface area (Å²) in [5, 5.41) is 3.60. The molecule has 0 radical (unpaired) electrons. The van der Waals surface area contributed by atoms with E-state index in [0.717, 1.165) is 6.42 Å². The number of hydrogen-bond acceptors (Lipinski definition) is 2. The van der Waals surface area contributed by atoms with Crippen LogP contribution < -0.4 is 5.32 Å². The summed E-state index contributed by atoms with van der Waals surface area (Å²) in [5.74, 6) is 1.01. The van der Waals surface area contributed by atoms with Crippen LogP contribution in [0.2, 0.25) is 0 Å². The summed E-state index contributed by atoms with van der Waals surface area (Å²) in [7, 11) is 0. The maximum Gasteiger partial charge on any atom is 0.155 e. The van der Waals surface area contributed by atoms with Crippen molar-refractivity contribution in [3.8, 4) is 0 Å². The lowest BCUT2D eigenvalue weighted by atomic mass is 9.65. The molecule has 0 aromatic heterocycles. The standard InChI is InChI=1S/C19H37NO.CH4/c1-17(2,3)16(21)15(20-18(4,5)6)13-14-11-9-10-12-19(14,7)8;/h14-15,20H,9-13H2,1-8H3;1H4. The van der Waals surface area contributed by atoms with Crippen molar-refractivity contribution >= 4 is 5.78 Å². The molecule has 2 atom stereocenters. The zero-order chi connectivity index (χ0) is 16.5. The zero-order valence-corrected chi connectivity index (χ0v) is 15.6. The molecule has 2 unspecified atom stereocenters. The van der Waals surface area contributed by atoms with E-state index in [1.807, 2.05) is 20.8 Å². The van der Waals surface area contributed by atoms with Crippen LogP contribution in [0.5, 0.6) is 0 Å². The van der Waals surface area contributed by atoms with Gasteiger partial charge in [-0.2, -0.15) is 0 Å². The molecule has 0 bridgehead atoms. The quantitative estimate of drug-likeness (QED) is 0.732. The summed E-state index contributed by atoms with van der Waals surface area (Å²) >= 11 is 0. The number of carbonyl (C=O) groups excluding carboxylic acids is 1. The van der Waals surface area contributed by atoms with Gasteiger partial charge in [0.1, 0.15) is 0 Å². The minimum absolute atomic E-state index is 0. The molecular weight excluding hydrogens is 270 g/mol. The molecule has 132 valence electrons. The molecule has 0 aromatic rings. The lowest BCUT2D eigenvalue weighted by Gasteiger charge is -2.42. The number of ketones is 1. The Hall–Kier alpha value is -0.370. The Labute approximate surface area is 139 Å². The van der Waals surface area contributed by atoms with E-state index in [4.69, 9.17) is 0 Å². The molecule has 2 heteroatoms. The van der Waals surface area contributed by atoms with Gasteiger partial charge in [0, 0.05) is 11.0 Å². The van der Waals surface area contributed by atoms with Crippen molar-refractivity contribution in [1.29, 1.82) is 0 Å². The number of Topliss-reactive ketones (excluding diaryl/α,β-unsaturated/α-hetero) is 1. The van der Waals surface area contributed by atoms with Gasteiger partial charge in [-0.15, -0.1) is 0 Å². The molecule has 0 amide bonds. The molecule has 0 aromatic carbocycles. The molecule has 0 aliphatic heterocycles. The fourth-order valence-electron chi connectivity index (χ4n) is 3.56. The highest BCUT2D eigenvalue weighted by molar-refractivity contribution is 5.88. The van der Waals surface area contributed by atoms with Crippen LogP contribution in [-0.4, -0.2) is 17.4 Å². The third-order valence-corrected chi connectivity index (χ3v) is 4.91. The molecule has 0 heterocycles. The van der Waals surface area contributed by atoms with E-state index in [0.29, 0.717) is 17.1 Å². The van der Waals surface area contributed by atoms with E-state index in [1.54, 1.807) is 0 Å². The van der Waals surface area contributed by atoms with Gasteiger partial charge in [-0.3, -0.25) is 4.79 Å². The highest BCUT2D eigenvalue weighted by Gasteiger charge is 2.38. The Morgan fingerprint density at radius 3 is 2.09 bits per heavy atom. The first-order valence-corrected chi connectivity index (χ1v) is 8.65. The summed E-state index contributed by atoms with van der Waals surface area (Å²) in [6, 6.07) is -0.0209. The van der Waals surface area contributed by atoms with Crippen molar-refractivity contribution in [1.82, 2.24) is 5.32 Å². The lowest BCUT2D eigenvalue weighted by Crippen LogP contribution is -2.52. The Kier molecular flexibility index (Phi) is 7.34. The maximum absolute atomic E-state index is 12.9. The molecule has 22 heavy (non-hydrogen) atoms. The Bertz CT molecular complexity index is 357. The van der Waals surface area contributed by atoms with Crippen LogP contribution in [-0.2, 0) is 4.79 Å². The first-order chi connectivity index (χ1) is 9.33. The second kappa shape index (κ2) is 7.47. The molecule has 1 N–H and O–H groups in total. The maximum atomic E-state index is 12.9. The van der Waals surface area contributed by atoms with E-state index >= 15 is 0 Å². The van der Waals surface area contributed by atoms with Crippen molar-refractivity contribution < 1.29 is 4.79 Å². The van der Waals surface area contributed by atoms with Gasteiger partial charge in [0.25, 0.3) is 0 Å². The highest BCUT2D eigenvalue weighted by atomic mass is 16.1. The average Bonchev–Trinajstić information content (AvgIpc) is 2.26. The van der Waals surface area contributed by atoms with E-state index in [-0.39, 0.29) is 24.4 Å². The van der Waals surface area contributed by atoms with Gasteiger partial charge in [0.15, 0.2) is 5.78 Å². The highest BCUT2D eigenvalue weighted by Crippen LogP contribution is 2.43. The van der Waals surface area contributed by atoms with Crippen LogP contribution in [0.25, 0.3) is 0 Å². The minimum Gasteiger partial charge on any atom is -0.303 e. The summed E-state index contributed by atoms with van der Waals surface area (Å²) in [6.45, 7) is 17.3. The third-order valence-electron chi connectivity index (χ3n) is 4.91. The van der Waals surface area contributed by atoms with E-state index in [1.165, 1.54) is 25.7 Å². The SMILES string of the molecule is C.CC(C)(C)NC(CC1CCCCC1(C)C)C(=O)C(C)(C)C. The predicted octanol–water partition coefficient (Wildman–Crippen LogP) is 5.60. The second-order valence-corrected chi connectivity index (χ2v) is 9.73. The van der Waals surface area contributed by atoms with Crippen molar-refractivity contribution in [3.63, 3.8) is 0 Å². The fourth-order valence-corrected chi connectivity index (χ4v) is 3.56. The number of hydrogen-bond donors (Lipinski definition) is 1. The zero-order valence-electron chi connectivity index (χ0n) is 15.6. The normalized spacial score (nSPS) is 23.5. The van der Waals surface area contributed by atoms with Crippen LogP contribution in [0.3, 0.4) is 0 Å². The summed E-state index contributed by atoms with van der Waals surface area (Å²) in [4.78, 5) is 12.9. The smallest absolute Gasteiger partial charge is 0.155 e. The Morgan fingerprint density at radius 1 is 1.14 bits per heavy atom. The number of nitrogens with one attached hydrogen (secondary N) is 1. The van der Waals surface area contributed by atoms with E-state index in [2.05, 4.69) is 39.9 Å². The van der Waals surface area contributed by atoms with Crippen molar-refractivity contribution in [2.45, 2.75) is 107 Å². The van der Waals surface area contributed by atoms with Crippen molar-refractivity contribution in [2.75, 3.05) is 0 Å². The predicted molar refractivity (Wildman–Crippen MR) is 98.2 cm³/mol. The summed E-state index contributed by atoms with van der Waals surface area (Å²) in [6.07, 6.45) is 6.21. The number of rotatable bonds is 4. The molecule has 1 aliphatic rings. The molecule has 1 rings (SSSR count). The summed E-state index contributed by atoms with van der Waals surface area (Å²) < 4.78 is 0. The van der Waals surface area contributed by atoms with E-state index < -0.39 is 0 Å². The van der Waals surface area contributed by atoms with Gasteiger partial charge in [0.05, 0.1) is 6.04 Å². The van der Waals surface area contributed by atoms with Crippen LogP contribution >= 0.6 is 0 Å². The van der Waals surface area contributed by atoms with Gasteiger partial charge >= 0.3 is 0 Å². The van der Waals surface area contributed by atoms with Gasteiger partial charge in [-0.1, -0.05) is 54.9 Å². The first-order valence-electron chi connectivity index (χ1n) is 8.65. The average molecular weight is 312 g/mol. The van der Waals surface area contributed by atoms with Crippen LogP contribution in [0.1, 0.15) is 94.9 Å². The largest absolute Gasteiger partial charge is 0.303 e. The van der Waals surface area contributed by atoms with Gasteiger partial charge in [0.2, 0.25) is 0 Å². The molecule has 1 aliphatic carbocycles. The molecule has 1 saturated carbocycles. The van der Waals surface area contributed by atoms with Crippen molar-refractivity contribution in [3.05, 3.63) is 0 Å². The molecule has 0 saturated heterocycles. The van der Waals surface area contributed by atoms with Crippen LogP contribution in [0.15, 0.2) is 0 Å². The summed E-state index contributed by atoms with van der Waals surface area (Å²) in [5.41, 5.74) is 0.0698. The van der Waals surface area contributed by atoms with Gasteiger partial charge < -0.3 is 5.32 Å². The van der Waals surface area contributed by atoms with Crippen LogP contribution in [0.4, 0.5) is 0 Å². The van der Waals surface area contributed by atoms with Crippen molar-refractivity contribution in [2.24, 2.45) is 16.7 Å². The van der Waals surface area contributed by atoms with Crippen LogP contribution in [0, 0.1) is 16.7 Å². The Balaban J connectivity index is 0.00000441. The lowest BCUT2D eigenvalue weighted by molar-refractivity contribution is -0.129. The molecular formula is C20H41NO. The first kappa shape index (κ1) is 21.6. The van der Waals surface area contributed by atoms with Gasteiger partial charge in [-0.05, 0) is 51.4 Å². The Morgan fingerprint density at radius 2 is 1.68 bits per heavy atom. The number of carbonyl (C=O) groups is 1. The fraction of sp³-hybridized carbons (Fsp3) is 0.950. The third kappa shape index (κ3) is 6.40. The topological polar surface area (TPSA) is 29.1 Å². The minimum atomic E-state index is -0.276. The molecule has 1 fully saturated rings. The van der Waals surface area contributed by atoms with E-state index in [9.17, 15) is 4.79 Å². The van der Waals surface area contributed by atoms with Gasteiger partial charge in [-0.25, -0.2) is 0 Å². The molecule has 2 nitrogen and oxygen atoms in total. The molecule has 0 spiro atoms.